The maximum absolute atomic E-state index is 5.35. The molecule has 1 saturated heterocycles. The van der Waals surface area contributed by atoms with E-state index in [0.29, 0.717) is 0 Å². The molecular weight excluding hydrogens is 174 g/mol. The summed E-state index contributed by atoms with van der Waals surface area (Å²) in [6, 6.07) is 0.859. The van der Waals surface area contributed by atoms with Gasteiger partial charge in [0.05, 0.1) is 0 Å². The highest BCUT2D eigenvalue weighted by molar-refractivity contribution is 4.92. The summed E-state index contributed by atoms with van der Waals surface area (Å²) in [5.41, 5.74) is 0. The van der Waals surface area contributed by atoms with Crippen molar-refractivity contribution >= 4 is 0 Å². The molecule has 2 fully saturated rings. The Morgan fingerprint density at radius 2 is 2.07 bits per heavy atom. The lowest BCUT2D eigenvalue weighted by Gasteiger charge is -2.22. The normalized spacial score (nSPS) is 33.2. The molecule has 1 saturated carbocycles. The van der Waals surface area contributed by atoms with E-state index in [1.165, 1.54) is 38.6 Å². The highest BCUT2D eigenvalue weighted by atomic mass is 16.5. The molecule has 0 amide bonds. The van der Waals surface area contributed by atoms with Gasteiger partial charge in [-0.3, -0.25) is 0 Å². The molecule has 1 aliphatic carbocycles. The van der Waals surface area contributed by atoms with Crippen molar-refractivity contribution in [3.8, 4) is 0 Å². The summed E-state index contributed by atoms with van der Waals surface area (Å²) in [6.45, 7) is 5.48. The van der Waals surface area contributed by atoms with Crippen LogP contribution in [-0.2, 0) is 4.74 Å². The summed E-state index contributed by atoms with van der Waals surface area (Å²) in [6.07, 6.45) is 6.72. The van der Waals surface area contributed by atoms with Crippen LogP contribution < -0.4 is 5.32 Å². The molecule has 0 radical (unpaired) electrons. The van der Waals surface area contributed by atoms with Gasteiger partial charge >= 0.3 is 0 Å². The van der Waals surface area contributed by atoms with E-state index >= 15 is 0 Å². The van der Waals surface area contributed by atoms with Crippen molar-refractivity contribution in [2.75, 3.05) is 19.8 Å². The average Bonchev–Trinajstić information content (AvgIpc) is 2.96. The molecule has 2 unspecified atom stereocenters. The molecule has 1 N–H and O–H groups in total. The van der Waals surface area contributed by atoms with E-state index in [1.54, 1.807) is 0 Å². The Bertz CT molecular complexity index is 166. The molecule has 0 aromatic rings. The van der Waals surface area contributed by atoms with Crippen LogP contribution in [-0.4, -0.2) is 25.8 Å². The monoisotopic (exact) mass is 197 g/mol. The summed E-state index contributed by atoms with van der Waals surface area (Å²) in [5, 5.41) is 3.71. The Balaban J connectivity index is 1.54. The number of ether oxygens (including phenoxy) is 1. The zero-order chi connectivity index (χ0) is 9.80. The van der Waals surface area contributed by atoms with Gasteiger partial charge in [-0.15, -0.1) is 0 Å². The van der Waals surface area contributed by atoms with Crippen molar-refractivity contribution in [2.24, 2.45) is 11.8 Å². The molecule has 1 aliphatic heterocycles. The van der Waals surface area contributed by atoms with E-state index in [1.807, 2.05) is 0 Å². The predicted molar refractivity (Wildman–Crippen MR) is 58.3 cm³/mol. The maximum Gasteiger partial charge on any atom is 0.0469 e. The van der Waals surface area contributed by atoms with Crippen molar-refractivity contribution in [1.29, 1.82) is 0 Å². The van der Waals surface area contributed by atoms with Crippen molar-refractivity contribution in [1.82, 2.24) is 5.32 Å². The van der Waals surface area contributed by atoms with Crippen LogP contribution in [0.15, 0.2) is 0 Å². The van der Waals surface area contributed by atoms with Gasteiger partial charge in [0.25, 0.3) is 0 Å². The second-order valence-electron chi connectivity index (χ2n) is 4.85. The quantitative estimate of drug-likeness (QED) is 0.729. The first-order valence-corrected chi connectivity index (χ1v) is 6.21. The summed E-state index contributed by atoms with van der Waals surface area (Å²) in [4.78, 5) is 0. The van der Waals surface area contributed by atoms with Crippen molar-refractivity contribution < 1.29 is 4.74 Å². The molecule has 2 nitrogen and oxygen atoms in total. The standard InChI is InChI=1S/C12H23NO/c1-2-3-11-8-12(11)13-9-10-4-6-14-7-5-10/h10-13H,2-9H2,1H3. The largest absolute Gasteiger partial charge is 0.381 e. The van der Waals surface area contributed by atoms with Gasteiger partial charge in [-0.25, -0.2) is 0 Å². The van der Waals surface area contributed by atoms with E-state index in [-0.39, 0.29) is 0 Å². The highest BCUT2D eigenvalue weighted by Crippen LogP contribution is 2.34. The second kappa shape index (κ2) is 5.13. The predicted octanol–water partition coefficient (Wildman–Crippen LogP) is 2.19. The van der Waals surface area contributed by atoms with Gasteiger partial charge in [0.1, 0.15) is 0 Å². The number of hydrogen-bond donors (Lipinski definition) is 1. The molecule has 0 bridgehead atoms. The molecule has 0 spiro atoms. The summed E-state index contributed by atoms with van der Waals surface area (Å²) < 4.78 is 5.35. The molecule has 82 valence electrons. The molecule has 14 heavy (non-hydrogen) atoms. The maximum atomic E-state index is 5.35. The van der Waals surface area contributed by atoms with Gasteiger partial charge in [-0.2, -0.15) is 0 Å². The van der Waals surface area contributed by atoms with Crippen LogP contribution in [0.4, 0.5) is 0 Å². The third-order valence-electron chi connectivity index (χ3n) is 3.59. The summed E-state index contributed by atoms with van der Waals surface area (Å²) >= 11 is 0. The zero-order valence-corrected chi connectivity index (χ0v) is 9.30. The molecule has 2 aliphatic rings. The Hall–Kier alpha value is -0.0800. The van der Waals surface area contributed by atoms with Crippen molar-refractivity contribution in [3.05, 3.63) is 0 Å². The Morgan fingerprint density at radius 3 is 2.79 bits per heavy atom. The molecule has 2 rings (SSSR count). The van der Waals surface area contributed by atoms with E-state index < -0.39 is 0 Å². The Morgan fingerprint density at radius 1 is 1.29 bits per heavy atom. The minimum Gasteiger partial charge on any atom is -0.381 e. The van der Waals surface area contributed by atoms with Gasteiger partial charge in [0, 0.05) is 19.3 Å². The summed E-state index contributed by atoms with van der Waals surface area (Å²) in [5.74, 6) is 1.88. The van der Waals surface area contributed by atoms with Crippen molar-refractivity contribution in [3.63, 3.8) is 0 Å². The molecule has 1 heterocycles. The lowest BCUT2D eigenvalue weighted by molar-refractivity contribution is 0.0661. The minimum atomic E-state index is 0.859. The van der Waals surface area contributed by atoms with E-state index in [9.17, 15) is 0 Å². The van der Waals surface area contributed by atoms with Crippen LogP contribution >= 0.6 is 0 Å². The van der Waals surface area contributed by atoms with Gasteiger partial charge in [-0.1, -0.05) is 13.3 Å². The Kier molecular flexibility index (Phi) is 3.82. The molecule has 2 atom stereocenters. The lowest BCUT2D eigenvalue weighted by atomic mass is 10.0. The number of hydrogen-bond acceptors (Lipinski definition) is 2. The zero-order valence-electron chi connectivity index (χ0n) is 9.30. The fourth-order valence-corrected chi connectivity index (χ4v) is 2.46. The Labute approximate surface area is 87.4 Å². The van der Waals surface area contributed by atoms with Crippen LogP contribution in [0.5, 0.6) is 0 Å². The smallest absolute Gasteiger partial charge is 0.0469 e. The minimum absolute atomic E-state index is 0.859. The van der Waals surface area contributed by atoms with Crippen LogP contribution in [0.1, 0.15) is 39.0 Å². The van der Waals surface area contributed by atoms with E-state index in [2.05, 4.69) is 12.2 Å². The average molecular weight is 197 g/mol. The highest BCUT2D eigenvalue weighted by Gasteiger charge is 2.35. The first kappa shape index (κ1) is 10.4. The first-order chi connectivity index (χ1) is 6.90. The number of nitrogens with one attached hydrogen (secondary N) is 1. The van der Waals surface area contributed by atoms with Crippen molar-refractivity contribution in [2.45, 2.75) is 45.1 Å². The van der Waals surface area contributed by atoms with Gasteiger partial charge in [0.2, 0.25) is 0 Å². The van der Waals surface area contributed by atoms with Gasteiger partial charge in [-0.05, 0) is 44.1 Å². The topological polar surface area (TPSA) is 21.3 Å². The molecule has 0 aromatic heterocycles. The van der Waals surface area contributed by atoms with E-state index in [4.69, 9.17) is 4.74 Å². The fourth-order valence-electron chi connectivity index (χ4n) is 2.46. The fraction of sp³-hybridized carbons (Fsp3) is 1.00. The molecule has 0 aromatic carbocycles. The van der Waals surface area contributed by atoms with Crippen LogP contribution in [0.3, 0.4) is 0 Å². The van der Waals surface area contributed by atoms with Crippen LogP contribution in [0.25, 0.3) is 0 Å². The van der Waals surface area contributed by atoms with Gasteiger partial charge < -0.3 is 10.1 Å². The molecular formula is C12H23NO. The second-order valence-corrected chi connectivity index (χ2v) is 4.85. The third kappa shape index (κ3) is 2.96. The van der Waals surface area contributed by atoms with Gasteiger partial charge in [0.15, 0.2) is 0 Å². The number of rotatable bonds is 5. The SMILES string of the molecule is CCCC1CC1NCC1CCOCC1. The third-order valence-corrected chi connectivity index (χ3v) is 3.59. The van der Waals surface area contributed by atoms with Crippen LogP contribution in [0, 0.1) is 11.8 Å². The molecule has 2 heteroatoms. The van der Waals surface area contributed by atoms with Crippen LogP contribution in [0.2, 0.25) is 0 Å². The lowest BCUT2D eigenvalue weighted by Crippen LogP contribution is -2.29. The summed E-state index contributed by atoms with van der Waals surface area (Å²) in [7, 11) is 0. The van der Waals surface area contributed by atoms with E-state index in [0.717, 1.165) is 31.1 Å². The first-order valence-electron chi connectivity index (χ1n) is 6.21.